The molecule has 3 saturated heterocycles. The van der Waals surface area contributed by atoms with Gasteiger partial charge in [-0.05, 0) is 65.7 Å². The number of hydrogen-bond acceptors (Lipinski definition) is 7. The Hall–Kier alpha value is -3.43. The number of ether oxygens (including phenoxy) is 1. The zero-order valence-electron chi connectivity index (χ0n) is 25.2. The third kappa shape index (κ3) is 3.49. The number of ketones is 1. The minimum atomic E-state index is -1.20. The van der Waals surface area contributed by atoms with Crippen molar-refractivity contribution in [2.45, 2.75) is 46.2 Å². The van der Waals surface area contributed by atoms with Crippen molar-refractivity contribution < 1.29 is 14.3 Å². The van der Waals surface area contributed by atoms with Crippen molar-refractivity contribution in [2.75, 3.05) is 26.5 Å². The molecule has 1 aliphatic carbocycles. The second-order valence-corrected chi connectivity index (χ2v) is 14.9. The molecule has 226 valence electrons. The van der Waals surface area contributed by atoms with E-state index in [-0.39, 0.29) is 35.8 Å². The third-order valence-electron chi connectivity index (χ3n) is 10.8. The highest BCUT2D eigenvalue weighted by Crippen LogP contribution is 2.68. The first-order valence-corrected chi connectivity index (χ1v) is 17.7. The van der Waals surface area contributed by atoms with Gasteiger partial charge in [0.05, 0.1) is 6.04 Å². The van der Waals surface area contributed by atoms with Crippen molar-refractivity contribution >= 4 is 51.2 Å². The van der Waals surface area contributed by atoms with Crippen molar-refractivity contribution in [3.8, 4) is 0 Å². The molecule has 1 amide bonds. The Morgan fingerprint density at radius 3 is 2.49 bits per heavy atom. The molecule has 0 radical (unpaired) electrons. The number of carbonyl (C=O) groups excluding carboxylic acids is 2. The number of likely N-dealkylation sites (N-methyl/N-ethyl adjacent to an activating group) is 1. The standard InChI is InChI=1S/C37H33N3O3S2/c1-39-21-29(22-16-18-25(44-2)19-17-22)37(36(39)28-15-7-12-23-11-6-13-26(30(23)28)32(36)41)34(42)40-31(24-9-4-3-5-10-24)27-14-8-20-43-33(27)38-35(40)45-37/h3-7,9-13,15-19,27,29,31,33H,8,14,20-21H2,1-2H3/t27?,29-,31?,33?,36+,37-/m1/s1. The van der Waals surface area contributed by atoms with Gasteiger partial charge in [0.1, 0.15) is 10.3 Å². The molecular formula is C37H33N3O3S2. The van der Waals surface area contributed by atoms with Gasteiger partial charge in [0, 0.05) is 35.4 Å². The number of amides is 1. The minimum Gasteiger partial charge on any atom is -0.356 e. The Morgan fingerprint density at radius 1 is 0.933 bits per heavy atom. The SMILES string of the molecule is CSc1ccc([C@H]2CN(C)[C@@]3(C(=O)c4cccc5cccc3c45)[C@@]23SC2=NC4OCCCC4C(c4ccccc4)N2C3=O)cc1. The molecule has 0 saturated carbocycles. The van der Waals surface area contributed by atoms with Crippen LogP contribution in [0.15, 0.2) is 101 Å². The second-order valence-electron chi connectivity index (χ2n) is 12.8. The number of amidine groups is 1. The predicted molar refractivity (Wildman–Crippen MR) is 180 cm³/mol. The highest BCUT2D eigenvalue weighted by atomic mass is 32.2. The molecule has 6 nitrogen and oxygen atoms in total. The van der Waals surface area contributed by atoms with Gasteiger partial charge in [0.15, 0.2) is 17.2 Å². The Balaban J connectivity index is 1.32. The summed E-state index contributed by atoms with van der Waals surface area (Å²) in [5, 5.41) is 2.67. The van der Waals surface area contributed by atoms with E-state index in [0.29, 0.717) is 23.9 Å². The van der Waals surface area contributed by atoms with E-state index in [4.69, 9.17) is 9.73 Å². The van der Waals surface area contributed by atoms with Gasteiger partial charge < -0.3 is 4.74 Å². The van der Waals surface area contributed by atoms with Crippen molar-refractivity contribution in [3.05, 3.63) is 113 Å². The van der Waals surface area contributed by atoms with Crippen LogP contribution in [0.5, 0.6) is 0 Å². The first kappa shape index (κ1) is 27.8. The van der Waals surface area contributed by atoms with Crippen LogP contribution < -0.4 is 0 Å². The first-order valence-electron chi connectivity index (χ1n) is 15.7. The van der Waals surface area contributed by atoms with E-state index < -0.39 is 10.3 Å². The molecule has 5 aliphatic rings. The van der Waals surface area contributed by atoms with Gasteiger partial charge in [-0.15, -0.1) is 11.8 Å². The lowest BCUT2D eigenvalue weighted by molar-refractivity contribution is -0.137. The van der Waals surface area contributed by atoms with E-state index >= 15 is 9.59 Å². The summed E-state index contributed by atoms with van der Waals surface area (Å²) in [6.45, 7) is 1.23. The van der Waals surface area contributed by atoms with Gasteiger partial charge in [-0.3, -0.25) is 19.4 Å². The van der Waals surface area contributed by atoms with E-state index in [1.54, 1.807) is 11.8 Å². The lowest BCUT2D eigenvalue weighted by Crippen LogP contribution is -2.61. The van der Waals surface area contributed by atoms with Crippen LogP contribution in [0.3, 0.4) is 0 Å². The fraction of sp³-hybridized carbons (Fsp3) is 0.324. The van der Waals surface area contributed by atoms with E-state index in [1.807, 2.05) is 48.3 Å². The summed E-state index contributed by atoms with van der Waals surface area (Å²) in [6, 6.07) is 30.9. The van der Waals surface area contributed by atoms with Crippen LogP contribution in [0.4, 0.5) is 0 Å². The van der Waals surface area contributed by atoms with E-state index in [2.05, 4.69) is 65.8 Å². The molecule has 0 aromatic heterocycles. The Labute approximate surface area is 271 Å². The summed E-state index contributed by atoms with van der Waals surface area (Å²) < 4.78 is 5.13. The van der Waals surface area contributed by atoms with Crippen molar-refractivity contribution in [2.24, 2.45) is 10.9 Å². The number of thioether (sulfide) groups is 2. The van der Waals surface area contributed by atoms with E-state index in [0.717, 1.165) is 40.3 Å². The molecule has 3 unspecified atom stereocenters. The fourth-order valence-electron chi connectivity index (χ4n) is 9.02. The van der Waals surface area contributed by atoms with Gasteiger partial charge in [-0.2, -0.15) is 0 Å². The lowest BCUT2D eigenvalue weighted by Gasteiger charge is -2.45. The first-order chi connectivity index (χ1) is 22.0. The highest BCUT2D eigenvalue weighted by molar-refractivity contribution is 8.16. The van der Waals surface area contributed by atoms with Gasteiger partial charge >= 0.3 is 0 Å². The van der Waals surface area contributed by atoms with Crippen LogP contribution in [-0.4, -0.2) is 64.1 Å². The molecule has 8 heteroatoms. The second kappa shape index (κ2) is 10.0. The maximum atomic E-state index is 15.9. The predicted octanol–water partition coefficient (Wildman–Crippen LogP) is 6.86. The molecule has 0 N–H and O–H groups in total. The van der Waals surface area contributed by atoms with Gasteiger partial charge in [0.2, 0.25) is 5.91 Å². The average molecular weight is 632 g/mol. The number of nitrogens with zero attached hydrogens (tertiary/aromatic N) is 3. The van der Waals surface area contributed by atoms with Crippen LogP contribution in [0.25, 0.3) is 10.8 Å². The van der Waals surface area contributed by atoms with Crippen LogP contribution in [0, 0.1) is 5.92 Å². The number of Topliss-reactive ketones (excluding diaryl/α,β-unsaturated/α-hetero) is 1. The largest absolute Gasteiger partial charge is 0.356 e. The lowest BCUT2D eigenvalue weighted by atomic mass is 9.70. The van der Waals surface area contributed by atoms with Crippen LogP contribution >= 0.6 is 23.5 Å². The smallest absolute Gasteiger partial charge is 0.249 e. The molecule has 4 aromatic rings. The maximum absolute atomic E-state index is 15.9. The normalized spacial score (nSPS) is 32.0. The number of carbonyl (C=O) groups is 2. The molecule has 9 rings (SSSR count). The molecular weight excluding hydrogens is 599 g/mol. The maximum Gasteiger partial charge on any atom is 0.249 e. The highest BCUT2D eigenvalue weighted by Gasteiger charge is 2.78. The topological polar surface area (TPSA) is 62.2 Å². The van der Waals surface area contributed by atoms with Crippen molar-refractivity contribution in [1.82, 2.24) is 9.80 Å². The summed E-state index contributed by atoms with van der Waals surface area (Å²) in [4.78, 5) is 41.6. The number of aliphatic imine (C=N–C) groups is 1. The molecule has 4 heterocycles. The van der Waals surface area contributed by atoms with Crippen LogP contribution in [0.2, 0.25) is 0 Å². The summed E-state index contributed by atoms with van der Waals surface area (Å²) in [5.74, 6) is -0.229. The summed E-state index contributed by atoms with van der Waals surface area (Å²) in [7, 11) is 2.03. The minimum absolute atomic E-state index is 0.00579. The third-order valence-corrected chi connectivity index (χ3v) is 13.1. The molecule has 4 aromatic carbocycles. The Morgan fingerprint density at radius 2 is 1.71 bits per heavy atom. The molecule has 0 bridgehead atoms. The van der Waals surface area contributed by atoms with Crippen molar-refractivity contribution in [1.29, 1.82) is 0 Å². The quantitative estimate of drug-likeness (QED) is 0.230. The Bertz CT molecular complexity index is 1910. The number of likely N-dealkylation sites (tertiary alicyclic amines) is 1. The van der Waals surface area contributed by atoms with Crippen LogP contribution in [0.1, 0.15) is 51.8 Å². The Kier molecular flexibility index (Phi) is 6.21. The summed E-state index contributed by atoms with van der Waals surface area (Å²) in [6.07, 6.45) is 3.61. The molecule has 3 fully saturated rings. The number of rotatable bonds is 3. The van der Waals surface area contributed by atoms with Crippen molar-refractivity contribution in [3.63, 3.8) is 0 Å². The molecule has 45 heavy (non-hydrogen) atoms. The van der Waals surface area contributed by atoms with Gasteiger partial charge in [-0.1, -0.05) is 90.6 Å². The summed E-state index contributed by atoms with van der Waals surface area (Å²) in [5.41, 5.74) is 2.58. The average Bonchev–Trinajstić information content (AvgIpc) is 3.63. The molecule has 4 aliphatic heterocycles. The monoisotopic (exact) mass is 631 g/mol. The molecule has 6 atom stereocenters. The summed E-state index contributed by atoms with van der Waals surface area (Å²) >= 11 is 3.22. The number of fused-ring (bicyclic) bond motifs is 4. The fourth-order valence-corrected chi connectivity index (χ4v) is 11.2. The number of hydrogen-bond donors (Lipinski definition) is 0. The van der Waals surface area contributed by atoms with E-state index in [9.17, 15) is 0 Å². The molecule has 2 spiro atoms. The van der Waals surface area contributed by atoms with Crippen LogP contribution in [-0.2, 0) is 15.1 Å². The van der Waals surface area contributed by atoms with Gasteiger partial charge in [0.25, 0.3) is 0 Å². The van der Waals surface area contributed by atoms with Gasteiger partial charge in [-0.25, -0.2) is 4.99 Å². The zero-order valence-corrected chi connectivity index (χ0v) is 26.8. The van der Waals surface area contributed by atoms with E-state index in [1.165, 1.54) is 16.7 Å². The zero-order chi connectivity index (χ0) is 30.5. The number of benzene rings is 4.